The molecule has 0 aliphatic heterocycles. The Bertz CT molecular complexity index is 629. The van der Waals surface area contributed by atoms with Crippen molar-refractivity contribution in [2.45, 2.75) is 26.2 Å². The van der Waals surface area contributed by atoms with Crippen LogP contribution in [0.5, 0.6) is 0 Å². The highest BCUT2D eigenvalue weighted by Crippen LogP contribution is 2.19. The predicted octanol–water partition coefficient (Wildman–Crippen LogP) is 3.45. The number of carboxylic acid groups (broad SMARTS) is 1. The predicted molar refractivity (Wildman–Crippen MR) is 74.5 cm³/mol. The lowest BCUT2D eigenvalue weighted by atomic mass is 10.00. The third-order valence-corrected chi connectivity index (χ3v) is 3.20. The third kappa shape index (κ3) is 3.19. The molecule has 98 valence electrons. The van der Waals surface area contributed by atoms with Gasteiger partial charge in [-0.1, -0.05) is 37.3 Å². The van der Waals surface area contributed by atoms with E-state index >= 15 is 0 Å². The summed E-state index contributed by atoms with van der Waals surface area (Å²) in [6.45, 7) is 2.10. The van der Waals surface area contributed by atoms with Crippen LogP contribution in [-0.2, 0) is 11.2 Å². The summed E-state index contributed by atoms with van der Waals surface area (Å²) < 4.78 is 0. The molecule has 0 aliphatic rings. The standard InChI is InChI=1S/C16H16O3/c1-2-11-3-4-13-10-14(6-5-12(13)9-11)15(17)7-8-16(18)19/h3-6,9-10H,2,7-8H2,1H3,(H,18,19). The molecule has 3 nitrogen and oxygen atoms in total. The minimum atomic E-state index is -0.943. The first-order valence-corrected chi connectivity index (χ1v) is 6.38. The van der Waals surface area contributed by atoms with E-state index in [1.54, 1.807) is 6.07 Å². The Balaban J connectivity index is 2.26. The normalized spacial score (nSPS) is 10.6. The molecular formula is C16H16O3. The summed E-state index contributed by atoms with van der Waals surface area (Å²) in [7, 11) is 0. The topological polar surface area (TPSA) is 54.4 Å². The molecule has 0 unspecified atom stereocenters. The molecule has 2 aromatic rings. The average Bonchev–Trinajstić information content (AvgIpc) is 2.43. The molecule has 0 atom stereocenters. The fraction of sp³-hybridized carbons (Fsp3) is 0.250. The number of benzene rings is 2. The Morgan fingerprint density at radius 1 is 1.00 bits per heavy atom. The van der Waals surface area contributed by atoms with Crippen LogP contribution in [-0.4, -0.2) is 16.9 Å². The number of aliphatic carboxylic acids is 1. The van der Waals surface area contributed by atoms with E-state index in [1.165, 1.54) is 5.56 Å². The Morgan fingerprint density at radius 2 is 1.68 bits per heavy atom. The van der Waals surface area contributed by atoms with Crippen molar-refractivity contribution in [2.75, 3.05) is 0 Å². The van der Waals surface area contributed by atoms with Gasteiger partial charge in [-0.2, -0.15) is 0 Å². The van der Waals surface area contributed by atoms with Crippen LogP contribution in [0.1, 0.15) is 35.7 Å². The molecule has 0 spiro atoms. The number of ketones is 1. The Kier molecular flexibility index (Phi) is 3.95. The van der Waals surface area contributed by atoms with E-state index in [0.717, 1.165) is 17.2 Å². The van der Waals surface area contributed by atoms with Crippen molar-refractivity contribution in [3.63, 3.8) is 0 Å². The van der Waals surface area contributed by atoms with E-state index in [-0.39, 0.29) is 18.6 Å². The van der Waals surface area contributed by atoms with Crippen LogP contribution in [0.4, 0.5) is 0 Å². The summed E-state index contributed by atoms with van der Waals surface area (Å²) in [6.07, 6.45) is 0.911. The molecule has 2 rings (SSSR count). The van der Waals surface area contributed by atoms with E-state index in [2.05, 4.69) is 13.0 Å². The van der Waals surface area contributed by atoms with Gasteiger partial charge in [-0.05, 0) is 28.8 Å². The monoisotopic (exact) mass is 256 g/mol. The van der Waals surface area contributed by atoms with E-state index in [4.69, 9.17) is 5.11 Å². The summed E-state index contributed by atoms with van der Waals surface area (Å²) >= 11 is 0. The number of fused-ring (bicyclic) bond motifs is 1. The minimum Gasteiger partial charge on any atom is -0.481 e. The van der Waals surface area contributed by atoms with Crippen molar-refractivity contribution < 1.29 is 14.7 Å². The van der Waals surface area contributed by atoms with Gasteiger partial charge in [-0.25, -0.2) is 0 Å². The van der Waals surface area contributed by atoms with Gasteiger partial charge in [0.2, 0.25) is 0 Å². The zero-order valence-electron chi connectivity index (χ0n) is 10.8. The summed E-state index contributed by atoms with van der Waals surface area (Å²) in [4.78, 5) is 22.3. The van der Waals surface area contributed by atoms with Crippen LogP contribution >= 0.6 is 0 Å². The molecule has 0 aromatic heterocycles. The van der Waals surface area contributed by atoms with Crippen molar-refractivity contribution in [1.82, 2.24) is 0 Å². The molecule has 1 N–H and O–H groups in total. The van der Waals surface area contributed by atoms with E-state index in [9.17, 15) is 9.59 Å². The molecule has 0 heterocycles. The third-order valence-electron chi connectivity index (χ3n) is 3.20. The fourth-order valence-electron chi connectivity index (χ4n) is 2.05. The van der Waals surface area contributed by atoms with Gasteiger partial charge in [-0.15, -0.1) is 0 Å². The molecular weight excluding hydrogens is 240 g/mol. The van der Waals surface area contributed by atoms with Crippen molar-refractivity contribution in [3.05, 3.63) is 47.5 Å². The lowest BCUT2D eigenvalue weighted by Gasteiger charge is -2.04. The van der Waals surface area contributed by atoms with Crippen LogP contribution in [0, 0.1) is 0 Å². The SMILES string of the molecule is CCc1ccc2cc(C(=O)CCC(=O)O)ccc2c1. The maximum atomic E-state index is 11.9. The molecule has 3 heteroatoms. The number of carboxylic acids is 1. The smallest absolute Gasteiger partial charge is 0.303 e. The van der Waals surface area contributed by atoms with Gasteiger partial charge in [0.05, 0.1) is 6.42 Å². The first kappa shape index (κ1) is 13.3. The maximum Gasteiger partial charge on any atom is 0.303 e. The number of rotatable bonds is 5. The average molecular weight is 256 g/mol. The number of Topliss-reactive ketones (excluding diaryl/α,β-unsaturated/α-hetero) is 1. The van der Waals surface area contributed by atoms with Gasteiger partial charge in [0, 0.05) is 12.0 Å². The van der Waals surface area contributed by atoms with Crippen LogP contribution in [0.2, 0.25) is 0 Å². The second-order valence-corrected chi connectivity index (χ2v) is 4.57. The Hall–Kier alpha value is -2.16. The van der Waals surface area contributed by atoms with Gasteiger partial charge in [0.15, 0.2) is 5.78 Å². The highest BCUT2D eigenvalue weighted by Gasteiger charge is 2.09. The lowest BCUT2D eigenvalue weighted by Crippen LogP contribution is -2.03. The van der Waals surface area contributed by atoms with E-state index in [1.807, 2.05) is 24.3 Å². The molecule has 0 amide bonds. The van der Waals surface area contributed by atoms with Crippen molar-refractivity contribution in [3.8, 4) is 0 Å². The fourth-order valence-corrected chi connectivity index (χ4v) is 2.05. The minimum absolute atomic E-state index is 0.0495. The van der Waals surface area contributed by atoms with E-state index in [0.29, 0.717) is 5.56 Å². The summed E-state index contributed by atoms with van der Waals surface area (Å²) in [5, 5.41) is 10.7. The van der Waals surface area contributed by atoms with Crippen molar-refractivity contribution in [1.29, 1.82) is 0 Å². The first-order valence-electron chi connectivity index (χ1n) is 6.38. The van der Waals surface area contributed by atoms with Crippen LogP contribution in [0.3, 0.4) is 0 Å². The van der Waals surface area contributed by atoms with Gasteiger partial charge in [0.25, 0.3) is 0 Å². The van der Waals surface area contributed by atoms with Crippen LogP contribution < -0.4 is 0 Å². The van der Waals surface area contributed by atoms with Crippen LogP contribution in [0.15, 0.2) is 36.4 Å². The lowest BCUT2D eigenvalue weighted by molar-refractivity contribution is -0.136. The number of carbonyl (C=O) groups is 2. The largest absolute Gasteiger partial charge is 0.481 e. The van der Waals surface area contributed by atoms with Gasteiger partial charge < -0.3 is 5.11 Å². The molecule has 0 saturated heterocycles. The number of hydrogen-bond donors (Lipinski definition) is 1. The van der Waals surface area contributed by atoms with Crippen molar-refractivity contribution in [2.24, 2.45) is 0 Å². The summed E-state index contributed by atoms with van der Waals surface area (Å²) in [6, 6.07) is 11.7. The molecule has 0 radical (unpaired) electrons. The maximum absolute atomic E-state index is 11.9. The zero-order chi connectivity index (χ0) is 13.8. The second-order valence-electron chi connectivity index (χ2n) is 4.57. The molecule has 0 aliphatic carbocycles. The van der Waals surface area contributed by atoms with Gasteiger partial charge >= 0.3 is 5.97 Å². The first-order chi connectivity index (χ1) is 9.10. The summed E-state index contributed by atoms with van der Waals surface area (Å²) in [5.41, 5.74) is 1.84. The van der Waals surface area contributed by atoms with Gasteiger partial charge in [0.1, 0.15) is 0 Å². The molecule has 0 bridgehead atoms. The summed E-state index contributed by atoms with van der Waals surface area (Å²) in [5.74, 6) is -1.06. The van der Waals surface area contributed by atoms with Gasteiger partial charge in [-0.3, -0.25) is 9.59 Å². The highest BCUT2D eigenvalue weighted by molar-refractivity contribution is 6.00. The highest BCUT2D eigenvalue weighted by atomic mass is 16.4. The zero-order valence-corrected chi connectivity index (χ0v) is 10.8. The van der Waals surface area contributed by atoms with Crippen molar-refractivity contribution >= 4 is 22.5 Å². The Morgan fingerprint density at radius 3 is 2.37 bits per heavy atom. The number of aryl methyl sites for hydroxylation is 1. The Labute approximate surface area is 111 Å². The quantitative estimate of drug-likeness (QED) is 0.833. The number of carbonyl (C=O) groups excluding carboxylic acids is 1. The molecule has 2 aromatic carbocycles. The molecule has 0 fully saturated rings. The molecule has 19 heavy (non-hydrogen) atoms. The van der Waals surface area contributed by atoms with E-state index < -0.39 is 5.97 Å². The van der Waals surface area contributed by atoms with Crippen LogP contribution in [0.25, 0.3) is 10.8 Å². The molecule has 0 saturated carbocycles. The number of hydrogen-bond acceptors (Lipinski definition) is 2. The second kappa shape index (κ2) is 5.65.